The van der Waals surface area contributed by atoms with E-state index in [2.05, 4.69) is 29.4 Å². The number of aryl methyl sites for hydroxylation is 4. The quantitative estimate of drug-likeness (QED) is 0.442. The third-order valence-electron chi connectivity index (χ3n) is 5.62. The van der Waals surface area contributed by atoms with Gasteiger partial charge in [0.1, 0.15) is 5.69 Å². The molecular weight excluding hydrogens is 398 g/mol. The van der Waals surface area contributed by atoms with Gasteiger partial charge in [0.25, 0.3) is 5.56 Å². The lowest BCUT2D eigenvalue weighted by Crippen LogP contribution is -2.27. The molecule has 0 bridgehead atoms. The normalized spacial score (nSPS) is 10.9. The number of nitrogens with zero attached hydrogens (tertiary/aromatic N) is 2. The molecule has 5 nitrogen and oxygen atoms in total. The van der Waals surface area contributed by atoms with Gasteiger partial charge in [0.05, 0.1) is 11.0 Å². The number of rotatable bonds is 8. The van der Waals surface area contributed by atoms with Crippen molar-refractivity contribution in [2.24, 2.45) is 0 Å². The number of benzene rings is 3. The molecule has 32 heavy (non-hydrogen) atoms. The van der Waals surface area contributed by atoms with E-state index in [0.29, 0.717) is 18.7 Å². The SMILES string of the molecule is CCc1ccc(NC(=O)CCc2nc3ccccc3n(CCc3ccccc3)c2=O)cc1. The Labute approximate surface area is 187 Å². The van der Waals surface area contributed by atoms with Crippen LogP contribution in [0.2, 0.25) is 0 Å². The number of aromatic nitrogens is 2. The van der Waals surface area contributed by atoms with Crippen molar-refractivity contribution in [2.45, 2.75) is 39.2 Å². The van der Waals surface area contributed by atoms with E-state index in [1.165, 1.54) is 11.1 Å². The highest BCUT2D eigenvalue weighted by Crippen LogP contribution is 2.13. The average molecular weight is 426 g/mol. The molecule has 4 aromatic rings. The van der Waals surface area contributed by atoms with Gasteiger partial charge in [0.15, 0.2) is 0 Å². The van der Waals surface area contributed by atoms with Crippen LogP contribution in [0.25, 0.3) is 11.0 Å². The van der Waals surface area contributed by atoms with Crippen molar-refractivity contribution in [2.75, 3.05) is 5.32 Å². The summed E-state index contributed by atoms with van der Waals surface area (Å²) < 4.78 is 1.78. The highest BCUT2D eigenvalue weighted by Gasteiger charge is 2.13. The van der Waals surface area contributed by atoms with E-state index in [-0.39, 0.29) is 17.9 Å². The predicted molar refractivity (Wildman–Crippen MR) is 129 cm³/mol. The first-order chi connectivity index (χ1) is 15.6. The molecule has 0 aliphatic heterocycles. The molecule has 0 unspecified atom stereocenters. The van der Waals surface area contributed by atoms with E-state index >= 15 is 0 Å². The van der Waals surface area contributed by atoms with E-state index in [0.717, 1.165) is 29.6 Å². The van der Waals surface area contributed by atoms with Crippen LogP contribution in [0.1, 0.15) is 30.2 Å². The molecule has 3 aromatic carbocycles. The zero-order valence-corrected chi connectivity index (χ0v) is 18.3. The number of carbonyl (C=O) groups is 1. The summed E-state index contributed by atoms with van der Waals surface area (Å²) in [6, 6.07) is 25.6. The van der Waals surface area contributed by atoms with Gasteiger partial charge in [-0.2, -0.15) is 0 Å². The molecule has 1 amide bonds. The Hall–Kier alpha value is -3.73. The van der Waals surface area contributed by atoms with Crippen molar-refractivity contribution < 1.29 is 4.79 Å². The summed E-state index contributed by atoms with van der Waals surface area (Å²) in [5.74, 6) is -0.126. The molecule has 0 saturated carbocycles. The molecule has 4 rings (SSSR count). The van der Waals surface area contributed by atoms with Crippen LogP contribution in [-0.2, 0) is 30.6 Å². The number of para-hydroxylation sites is 2. The Bertz CT molecular complexity index is 1260. The van der Waals surface area contributed by atoms with Gasteiger partial charge in [-0.25, -0.2) is 4.98 Å². The average Bonchev–Trinajstić information content (AvgIpc) is 2.83. The van der Waals surface area contributed by atoms with E-state index in [4.69, 9.17) is 0 Å². The number of amides is 1. The first kappa shape index (κ1) is 21.5. The standard InChI is InChI=1S/C27H27N3O2/c1-2-20-12-14-22(15-13-20)28-26(31)17-16-24-27(32)30(19-18-21-8-4-3-5-9-21)25-11-7-6-10-23(25)29-24/h3-15H,2,16-19H2,1H3,(H,28,31). The maximum absolute atomic E-state index is 13.2. The van der Waals surface area contributed by atoms with Crippen molar-refractivity contribution in [3.63, 3.8) is 0 Å². The topological polar surface area (TPSA) is 64.0 Å². The minimum atomic E-state index is -0.126. The summed E-state index contributed by atoms with van der Waals surface area (Å²) in [7, 11) is 0. The van der Waals surface area contributed by atoms with Crippen molar-refractivity contribution in [1.82, 2.24) is 9.55 Å². The van der Waals surface area contributed by atoms with Crippen LogP contribution in [0, 0.1) is 0 Å². The fraction of sp³-hybridized carbons (Fsp3) is 0.222. The molecule has 0 saturated heterocycles. The van der Waals surface area contributed by atoms with Gasteiger partial charge in [-0.1, -0.05) is 61.5 Å². The van der Waals surface area contributed by atoms with Crippen LogP contribution in [0.4, 0.5) is 5.69 Å². The summed E-state index contributed by atoms with van der Waals surface area (Å²) in [6.45, 7) is 2.66. The zero-order valence-electron chi connectivity index (χ0n) is 18.3. The summed E-state index contributed by atoms with van der Waals surface area (Å²) in [5, 5.41) is 2.91. The summed E-state index contributed by atoms with van der Waals surface area (Å²) in [5.41, 5.74) is 5.05. The van der Waals surface area contributed by atoms with Gasteiger partial charge in [-0.05, 0) is 48.2 Å². The Kier molecular flexibility index (Phi) is 6.75. The molecule has 0 atom stereocenters. The number of hydrogen-bond donors (Lipinski definition) is 1. The molecule has 1 heterocycles. The molecular formula is C27H27N3O2. The maximum atomic E-state index is 13.2. The van der Waals surface area contributed by atoms with Crippen molar-refractivity contribution in [3.8, 4) is 0 Å². The molecule has 0 fully saturated rings. The minimum absolute atomic E-state index is 0.125. The third-order valence-corrected chi connectivity index (χ3v) is 5.62. The number of anilines is 1. The Morgan fingerprint density at radius 3 is 2.34 bits per heavy atom. The van der Waals surface area contributed by atoms with E-state index in [9.17, 15) is 9.59 Å². The van der Waals surface area contributed by atoms with E-state index in [1.54, 1.807) is 4.57 Å². The lowest BCUT2D eigenvalue weighted by Gasteiger charge is -2.12. The first-order valence-corrected chi connectivity index (χ1v) is 11.0. The summed E-state index contributed by atoms with van der Waals surface area (Å²) in [4.78, 5) is 30.3. The molecule has 0 aliphatic rings. The predicted octanol–water partition coefficient (Wildman–Crippen LogP) is 4.77. The Balaban J connectivity index is 1.51. The maximum Gasteiger partial charge on any atom is 0.272 e. The first-order valence-electron chi connectivity index (χ1n) is 11.0. The molecule has 1 aromatic heterocycles. The Morgan fingerprint density at radius 2 is 1.59 bits per heavy atom. The molecule has 1 N–H and O–H groups in total. The van der Waals surface area contributed by atoms with Crippen LogP contribution >= 0.6 is 0 Å². The van der Waals surface area contributed by atoms with Gasteiger partial charge in [0.2, 0.25) is 5.91 Å². The number of hydrogen-bond acceptors (Lipinski definition) is 3. The lowest BCUT2D eigenvalue weighted by atomic mass is 10.1. The second kappa shape index (κ2) is 10.1. The molecule has 162 valence electrons. The largest absolute Gasteiger partial charge is 0.326 e. The van der Waals surface area contributed by atoms with Crippen LogP contribution in [0.3, 0.4) is 0 Å². The van der Waals surface area contributed by atoms with Gasteiger partial charge in [-0.15, -0.1) is 0 Å². The zero-order chi connectivity index (χ0) is 22.3. The lowest BCUT2D eigenvalue weighted by molar-refractivity contribution is -0.116. The van der Waals surface area contributed by atoms with Crippen LogP contribution in [0.5, 0.6) is 0 Å². The molecule has 0 spiro atoms. The monoisotopic (exact) mass is 425 g/mol. The van der Waals surface area contributed by atoms with Crippen LogP contribution in [-0.4, -0.2) is 15.5 Å². The molecule has 0 aliphatic carbocycles. The summed E-state index contributed by atoms with van der Waals surface area (Å²) >= 11 is 0. The van der Waals surface area contributed by atoms with Gasteiger partial charge < -0.3 is 9.88 Å². The van der Waals surface area contributed by atoms with Crippen LogP contribution in [0.15, 0.2) is 83.7 Å². The Morgan fingerprint density at radius 1 is 0.875 bits per heavy atom. The number of nitrogens with one attached hydrogen (secondary N) is 1. The van der Waals surface area contributed by atoms with Crippen molar-refractivity contribution in [1.29, 1.82) is 0 Å². The van der Waals surface area contributed by atoms with Gasteiger partial charge in [0, 0.05) is 25.1 Å². The fourth-order valence-corrected chi connectivity index (χ4v) is 3.79. The van der Waals surface area contributed by atoms with Gasteiger partial charge >= 0.3 is 0 Å². The second-order valence-electron chi connectivity index (χ2n) is 7.84. The third kappa shape index (κ3) is 5.11. The highest BCUT2D eigenvalue weighted by molar-refractivity contribution is 5.90. The fourth-order valence-electron chi connectivity index (χ4n) is 3.79. The second-order valence-corrected chi connectivity index (χ2v) is 7.84. The van der Waals surface area contributed by atoms with Crippen molar-refractivity contribution in [3.05, 3.63) is 106 Å². The number of carbonyl (C=O) groups excluding carboxylic acids is 1. The van der Waals surface area contributed by atoms with Gasteiger partial charge in [-0.3, -0.25) is 9.59 Å². The number of fused-ring (bicyclic) bond motifs is 1. The smallest absolute Gasteiger partial charge is 0.272 e. The highest BCUT2D eigenvalue weighted by atomic mass is 16.1. The molecule has 5 heteroatoms. The summed E-state index contributed by atoms with van der Waals surface area (Å²) in [6.07, 6.45) is 2.21. The van der Waals surface area contributed by atoms with E-state index < -0.39 is 0 Å². The van der Waals surface area contributed by atoms with E-state index in [1.807, 2.05) is 66.7 Å². The van der Waals surface area contributed by atoms with Crippen molar-refractivity contribution >= 4 is 22.6 Å². The minimum Gasteiger partial charge on any atom is -0.326 e. The van der Waals surface area contributed by atoms with Crippen LogP contribution < -0.4 is 10.9 Å². The molecule has 0 radical (unpaired) electrons.